The van der Waals surface area contributed by atoms with Crippen LogP contribution in [0.25, 0.3) is 5.69 Å². The van der Waals surface area contributed by atoms with Crippen LogP contribution in [0.15, 0.2) is 64.5 Å². The molecule has 5 nitrogen and oxygen atoms in total. The third-order valence-corrected chi connectivity index (χ3v) is 5.38. The van der Waals surface area contributed by atoms with E-state index in [4.69, 9.17) is 11.6 Å². The van der Waals surface area contributed by atoms with Gasteiger partial charge in [-0.3, -0.25) is 0 Å². The molecule has 7 heteroatoms. The van der Waals surface area contributed by atoms with Crippen molar-refractivity contribution in [3.05, 3.63) is 65.3 Å². The number of benzene rings is 2. The Kier molecular flexibility index (Phi) is 3.87. The third kappa shape index (κ3) is 2.71. The topological polar surface area (TPSA) is 72.2 Å². The summed E-state index contributed by atoms with van der Waals surface area (Å²) < 4.78 is 26.4. The lowest BCUT2D eigenvalue weighted by Crippen LogP contribution is -2.04. The third-order valence-electron chi connectivity index (χ3n) is 3.36. The Morgan fingerprint density at radius 1 is 1.04 bits per heavy atom. The van der Waals surface area contributed by atoms with Crippen LogP contribution in [0.5, 0.6) is 5.75 Å². The smallest absolute Gasteiger partial charge is 0.229 e. The summed E-state index contributed by atoms with van der Waals surface area (Å²) >= 11 is 6.07. The molecule has 1 N–H and O–H groups in total. The quantitative estimate of drug-likeness (QED) is 0.787. The molecule has 0 unspecified atom stereocenters. The molecule has 0 spiro atoms. The largest absolute Gasteiger partial charge is 0.503 e. The van der Waals surface area contributed by atoms with Crippen LogP contribution in [0.2, 0.25) is 5.15 Å². The molecule has 118 valence electrons. The first-order chi connectivity index (χ1) is 10.9. The summed E-state index contributed by atoms with van der Waals surface area (Å²) in [5.74, 6) is -0.559. The molecule has 0 aliphatic heterocycles. The predicted octanol–water partition coefficient (Wildman–Crippen LogP) is 3.37. The maximum atomic E-state index is 12.6. The normalized spacial score (nSPS) is 11.6. The maximum Gasteiger partial charge on any atom is 0.229 e. The first kappa shape index (κ1) is 15.6. The van der Waals surface area contributed by atoms with Crippen molar-refractivity contribution in [2.24, 2.45) is 0 Å². The van der Waals surface area contributed by atoms with Crippen molar-refractivity contribution in [2.75, 3.05) is 0 Å². The fourth-order valence-corrected chi connectivity index (χ4v) is 3.68. The molecule has 0 aliphatic rings. The molecule has 0 saturated carbocycles. The molecule has 3 aromatic rings. The number of hydrogen-bond acceptors (Lipinski definition) is 4. The van der Waals surface area contributed by atoms with Gasteiger partial charge in [0.25, 0.3) is 0 Å². The SMILES string of the molecule is Cc1ccc(-n2nc(S(=O)(=O)c3ccccc3)c(O)c2Cl)cc1. The van der Waals surface area contributed by atoms with Gasteiger partial charge in [0.2, 0.25) is 14.9 Å². The van der Waals surface area contributed by atoms with Crippen LogP contribution in [0.1, 0.15) is 5.56 Å². The number of sulfone groups is 1. The molecular formula is C16H13ClN2O3S. The van der Waals surface area contributed by atoms with Gasteiger partial charge in [0.15, 0.2) is 10.9 Å². The maximum absolute atomic E-state index is 12.6. The van der Waals surface area contributed by atoms with Crippen molar-refractivity contribution >= 4 is 21.4 Å². The van der Waals surface area contributed by atoms with E-state index in [9.17, 15) is 13.5 Å². The number of aromatic hydroxyl groups is 1. The molecule has 0 saturated heterocycles. The number of nitrogens with zero attached hydrogens (tertiary/aromatic N) is 2. The zero-order valence-corrected chi connectivity index (χ0v) is 13.7. The van der Waals surface area contributed by atoms with Gasteiger partial charge in [-0.05, 0) is 31.2 Å². The molecule has 23 heavy (non-hydrogen) atoms. The Bertz CT molecular complexity index is 949. The summed E-state index contributed by atoms with van der Waals surface area (Å²) in [5.41, 5.74) is 1.60. The Morgan fingerprint density at radius 3 is 2.26 bits per heavy atom. The standard InChI is InChI=1S/C16H13ClN2O3S/c1-11-7-9-12(10-8-11)19-15(17)14(20)16(18-19)23(21,22)13-5-3-2-4-6-13/h2-10,20H,1H3. The lowest BCUT2D eigenvalue weighted by atomic mass is 10.2. The number of aryl methyl sites for hydroxylation is 1. The molecular weight excluding hydrogens is 336 g/mol. The van der Waals surface area contributed by atoms with Crippen molar-refractivity contribution in [1.82, 2.24) is 9.78 Å². The van der Waals surface area contributed by atoms with Crippen LogP contribution in [-0.2, 0) is 9.84 Å². The molecule has 2 aromatic carbocycles. The van der Waals surface area contributed by atoms with Crippen molar-refractivity contribution < 1.29 is 13.5 Å². The van der Waals surface area contributed by atoms with Gasteiger partial charge in [0.05, 0.1) is 10.6 Å². The van der Waals surface area contributed by atoms with Crippen molar-refractivity contribution in [3.63, 3.8) is 0 Å². The van der Waals surface area contributed by atoms with Crippen LogP contribution in [0.3, 0.4) is 0 Å². The first-order valence-corrected chi connectivity index (χ1v) is 8.62. The molecule has 0 amide bonds. The van der Waals surface area contributed by atoms with Crippen molar-refractivity contribution in [2.45, 2.75) is 16.8 Å². The fraction of sp³-hybridized carbons (Fsp3) is 0.0625. The monoisotopic (exact) mass is 348 g/mol. The van der Waals surface area contributed by atoms with Gasteiger partial charge in [0, 0.05) is 0 Å². The van der Waals surface area contributed by atoms with Gasteiger partial charge in [-0.15, -0.1) is 0 Å². The van der Waals surface area contributed by atoms with Crippen LogP contribution in [-0.4, -0.2) is 23.3 Å². The van der Waals surface area contributed by atoms with Crippen LogP contribution in [0, 0.1) is 6.92 Å². The highest BCUT2D eigenvalue weighted by atomic mass is 35.5. The Hall–Kier alpha value is -2.31. The summed E-state index contributed by atoms with van der Waals surface area (Å²) in [6, 6.07) is 15.0. The summed E-state index contributed by atoms with van der Waals surface area (Å²) in [7, 11) is -3.95. The Balaban J connectivity index is 2.16. The van der Waals surface area contributed by atoms with E-state index in [-0.39, 0.29) is 10.0 Å². The van der Waals surface area contributed by atoms with Gasteiger partial charge < -0.3 is 5.11 Å². The highest BCUT2D eigenvalue weighted by molar-refractivity contribution is 7.91. The summed E-state index contributed by atoms with van der Waals surface area (Å²) in [5, 5.41) is 13.5. The lowest BCUT2D eigenvalue weighted by molar-refractivity contribution is 0.458. The Morgan fingerprint density at radius 2 is 1.65 bits per heavy atom. The van der Waals surface area contributed by atoms with E-state index in [1.807, 2.05) is 19.1 Å². The molecule has 0 aliphatic carbocycles. The van der Waals surface area contributed by atoms with Gasteiger partial charge in [0.1, 0.15) is 0 Å². The molecule has 0 radical (unpaired) electrons. The summed E-state index contributed by atoms with van der Waals surface area (Å²) in [6.45, 7) is 1.93. The zero-order chi connectivity index (χ0) is 16.6. The Labute approximate surface area is 138 Å². The van der Waals surface area contributed by atoms with E-state index in [1.54, 1.807) is 30.3 Å². The second-order valence-electron chi connectivity index (χ2n) is 5.01. The number of rotatable bonds is 3. The number of halogens is 1. The van der Waals surface area contributed by atoms with Crippen LogP contribution < -0.4 is 0 Å². The molecule has 3 rings (SSSR count). The van der Waals surface area contributed by atoms with E-state index in [2.05, 4.69) is 5.10 Å². The number of hydrogen-bond donors (Lipinski definition) is 1. The fourth-order valence-electron chi connectivity index (χ4n) is 2.12. The molecule has 0 atom stereocenters. The summed E-state index contributed by atoms with van der Waals surface area (Å²) in [6.07, 6.45) is 0. The molecule has 1 aromatic heterocycles. The highest BCUT2D eigenvalue weighted by Crippen LogP contribution is 2.35. The minimum atomic E-state index is -3.95. The average Bonchev–Trinajstić information content (AvgIpc) is 2.86. The minimum Gasteiger partial charge on any atom is -0.503 e. The average molecular weight is 349 g/mol. The minimum absolute atomic E-state index is 0.0422. The van der Waals surface area contributed by atoms with Gasteiger partial charge >= 0.3 is 0 Å². The van der Waals surface area contributed by atoms with Crippen LogP contribution >= 0.6 is 11.6 Å². The zero-order valence-electron chi connectivity index (χ0n) is 12.1. The van der Waals surface area contributed by atoms with Crippen molar-refractivity contribution in [1.29, 1.82) is 0 Å². The first-order valence-electron chi connectivity index (χ1n) is 6.76. The van der Waals surface area contributed by atoms with Gasteiger partial charge in [-0.1, -0.05) is 47.5 Å². The second-order valence-corrected chi connectivity index (χ2v) is 7.23. The lowest BCUT2D eigenvalue weighted by Gasteiger charge is -2.03. The molecule has 0 bridgehead atoms. The second kappa shape index (κ2) is 5.72. The van der Waals surface area contributed by atoms with Crippen molar-refractivity contribution in [3.8, 4) is 11.4 Å². The van der Waals surface area contributed by atoms with E-state index in [0.717, 1.165) is 5.56 Å². The predicted molar refractivity (Wildman–Crippen MR) is 86.9 cm³/mol. The van der Waals surface area contributed by atoms with E-state index in [0.29, 0.717) is 5.69 Å². The number of aromatic nitrogens is 2. The molecule has 0 fully saturated rings. The van der Waals surface area contributed by atoms with E-state index >= 15 is 0 Å². The van der Waals surface area contributed by atoms with E-state index < -0.39 is 20.6 Å². The highest BCUT2D eigenvalue weighted by Gasteiger charge is 2.29. The van der Waals surface area contributed by atoms with Gasteiger partial charge in [-0.2, -0.15) is 5.10 Å². The summed E-state index contributed by atoms with van der Waals surface area (Å²) in [4.78, 5) is 0.0422. The molecule has 1 heterocycles. The van der Waals surface area contributed by atoms with E-state index in [1.165, 1.54) is 16.8 Å². The van der Waals surface area contributed by atoms with Crippen LogP contribution in [0.4, 0.5) is 0 Å². The van der Waals surface area contributed by atoms with Gasteiger partial charge in [-0.25, -0.2) is 13.1 Å².